The quantitative estimate of drug-likeness (QED) is 0.811. The first-order valence-corrected chi connectivity index (χ1v) is 7.61. The topological polar surface area (TPSA) is 103 Å². The molecule has 1 aromatic carbocycles. The molecule has 8 heteroatoms. The lowest BCUT2D eigenvalue weighted by atomic mass is 9.99. The maximum atomic E-state index is 11.7. The normalized spacial score (nSPS) is 17.5. The molecule has 0 radical (unpaired) electrons. The van der Waals surface area contributed by atoms with E-state index in [1.165, 1.54) is 5.06 Å². The first kappa shape index (κ1) is 17.0. The molecule has 0 spiro atoms. The zero-order valence-electron chi connectivity index (χ0n) is 12.2. The molecule has 2 N–H and O–H groups in total. The van der Waals surface area contributed by atoms with Gasteiger partial charge in [0, 0.05) is 11.0 Å². The number of likely N-dealkylation sites (N-methyl/N-ethyl adjacent to an activating group) is 1. The molecule has 0 aromatic heterocycles. The van der Waals surface area contributed by atoms with Gasteiger partial charge in [-0.1, -0.05) is 28.1 Å². The average molecular weight is 380 g/mol. The third-order valence-corrected chi connectivity index (χ3v) is 3.76. The molecule has 23 heavy (non-hydrogen) atoms. The molecule has 0 fully saturated rings. The number of carboxylic acids is 1. The molecule has 1 aliphatic heterocycles. The Labute approximate surface area is 141 Å². The highest BCUT2D eigenvalue weighted by atomic mass is 79.9. The van der Waals surface area contributed by atoms with E-state index >= 15 is 0 Å². The Balaban J connectivity index is 2.42. The van der Waals surface area contributed by atoms with Gasteiger partial charge in [0.25, 0.3) is 0 Å². The van der Waals surface area contributed by atoms with Crippen molar-refractivity contribution in [1.82, 2.24) is 10.4 Å². The van der Waals surface area contributed by atoms with Crippen LogP contribution >= 0.6 is 15.9 Å². The van der Waals surface area contributed by atoms with Crippen LogP contribution in [0.5, 0.6) is 0 Å². The highest BCUT2D eigenvalue weighted by molar-refractivity contribution is 9.10. The molecule has 0 aliphatic carbocycles. The van der Waals surface area contributed by atoms with Crippen molar-refractivity contribution in [3.8, 4) is 6.07 Å². The van der Waals surface area contributed by atoms with E-state index in [1.54, 1.807) is 30.3 Å². The molecule has 1 atom stereocenters. The van der Waals surface area contributed by atoms with Gasteiger partial charge in [0.1, 0.15) is 18.0 Å². The molecule has 2 rings (SSSR count). The van der Waals surface area contributed by atoms with Crippen molar-refractivity contribution in [2.45, 2.75) is 19.4 Å². The first-order valence-electron chi connectivity index (χ1n) is 6.82. The summed E-state index contributed by atoms with van der Waals surface area (Å²) in [7, 11) is 0. The lowest BCUT2D eigenvalue weighted by Gasteiger charge is -2.22. The van der Waals surface area contributed by atoms with Crippen LogP contribution < -0.4 is 5.32 Å². The Bertz CT molecular complexity index is 694. The number of carbonyl (C=O) groups is 2. The molecule has 0 saturated heterocycles. The van der Waals surface area contributed by atoms with Gasteiger partial charge in [-0.15, -0.1) is 5.06 Å². The Morgan fingerprint density at radius 3 is 2.61 bits per heavy atom. The SMILES string of the molecule is CCN1OC(NC(=O)CC#N)=C(C(=O)O)C1c1ccc(Br)cc1. The van der Waals surface area contributed by atoms with Gasteiger partial charge in [-0.2, -0.15) is 5.26 Å². The molecule has 1 unspecified atom stereocenters. The van der Waals surface area contributed by atoms with Gasteiger partial charge in [0.05, 0.1) is 6.07 Å². The van der Waals surface area contributed by atoms with Gasteiger partial charge < -0.3 is 9.94 Å². The van der Waals surface area contributed by atoms with Crippen molar-refractivity contribution in [3.05, 3.63) is 45.8 Å². The Morgan fingerprint density at radius 2 is 2.09 bits per heavy atom. The highest BCUT2D eigenvalue weighted by Gasteiger charge is 2.40. The van der Waals surface area contributed by atoms with E-state index in [1.807, 2.05) is 6.92 Å². The van der Waals surface area contributed by atoms with Crippen LogP contribution in [0.15, 0.2) is 40.2 Å². The van der Waals surface area contributed by atoms with E-state index in [0.717, 1.165) is 10.0 Å². The Hall–Kier alpha value is -2.37. The number of benzene rings is 1. The molecule has 0 bridgehead atoms. The number of carbonyl (C=O) groups excluding carboxylic acids is 1. The van der Waals surface area contributed by atoms with Crippen LogP contribution in [-0.4, -0.2) is 28.6 Å². The van der Waals surface area contributed by atoms with E-state index in [2.05, 4.69) is 21.2 Å². The zero-order chi connectivity index (χ0) is 17.0. The van der Waals surface area contributed by atoms with Crippen molar-refractivity contribution in [3.63, 3.8) is 0 Å². The minimum atomic E-state index is -1.19. The maximum absolute atomic E-state index is 11.7. The van der Waals surface area contributed by atoms with Gasteiger partial charge in [0.2, 0.25) is 11.8 Å². The van der Waals surface area contributed by atoms with Crippen molar-refractivity contribution in [2.75, 3.05) is 6.54 Å². The standard InChI is InChI=1S/C15H14BrN3O4/c1-2-19-13(9-3-5-10(16)6-4-9)12(15(21)22)14(23-19)18-11(20)7-8-17/h3-6,13H,2,7H2,1H3,(H,18,20)(H,21,22). The summed E-state index contributed by atoms with van der Waals surface area (Å²) in [5.74, 6) is -1.96. The smallest absolute Gasteiger partial charge is 0.339 e. The molecule has 1 aliphatic rings. The van der Waals surface area contributed by atoms with E-state index < -0.39 is 17.9 Å². The highest BCUT2D eigenvalue weighted by Crippen LogP contribution is 2.37. The van der Waals surface area contributed by atoms with E-state index in [-0.39, 0.29) is 17.9 Å². The second-order valence-electron chi connectivity index (χ2n) is 4.71. The summed E-state index contributed by atoms with van der Waals surface area (Å²) in [6.45, 7) is 2.22. The summed E-state index contributed by atoms with van der Waals surface area (Å²) in [4.78, 5) is 28.7. The second-order valence-corrected chi connectivity index (χ2v) is 5.63. The lowest BCUT2D eigenvalue weighted by Crippen LogP contribution is -2.27. The van der Waals surface area contributed by atoms with Crippen LogP contribution in [0.25, 0.3) is 0 Å². The molecule has 0 saturated carbocycles. The summed E-state index contributed by atoms with van der Waals surface area (Å²) in [6, 6.07) is 8.22. The van der Waals surface area contributed by atoms with E-state index in [0.29, 0.717) is 6.54 Å². The number of rotatable bonds is 5. The van der Waals surface area contributed by atoms with Crippen LogP contribution in [0, 0.1) is 11.3 Å². The second kappa shape index (κ2) is 7.26. The number of halogens is 1. The molecule has 1 amide bonds. The van der Waals surface area contributed by atoms with Crippen LogP contribution in [-0.2, 0) is 14.4 Å². The summed E-state index contributed by atoms with van der Waals surface area (Å²) < 4.78 is 0.867. The Morgan fingerprint density at radius 1 is 1.43 bits per heavy atom. The maximum Gasteiger partial charge on any atom is 0.339 e. The number of amides is 1. The zero-order valence-corrected chi connectivity index (χ0v) is 13.8. The molecular weight excluding hydrogens is 366 g/mol. The van der Waals surface area contributed by atoms with Crippen LogP contribution in [0.1, 0.15) is 24.9 Å². The molecule has 1 heterocycles. The van der Waals surface area contributed by atoms with Crippen LogP contribution in [0.4, 0.5) is 0 Å². The van der Waals surface area contributed by atoms with Crippen molar-refractivity contribution >= 4 is 27.8 Å². The van der Waals surface area contributed by atoms with Crippen molar-refractivity contribution in [2.24, 2.45) is 0 Å². The van der Waals surface area contributed by atoms with Crippen LogP contribution in [0.3, 0.4) is 0 Å². The van der Waals surface area contributed by atoms with Gasteiger partial charge in [-0.05, 0) is 24.6 Å². The largest absolute Gasteiger partial charge is 0.478 e. The van der Waals surface area contributed by atoms with Crippen molar-refractivity contribution in [1.29, 1.82) is 5.26 Å². The van der Waals surface area contributed by atoms with E-state index in [9.17, 15) is 14.7 Å². The van der Waals surface area contributed by atoms with Gasteiger partial charge in [-0.25, -0.2) is 4.79 Å². The minimum absolute atomic E-state index is 0.0690. The lowest BCUT2D eigenvalue weighted by molar-refractivity contribution is -0.137. The van der Waals surface area contributed by atoms with E-state index in [4.69, 9.17) is 10.1 Å². The van der Waals surface area contributed by atoms with Gasteiger partial charge in [0.15, 0.2) is 0 Å². The molecule has 120 valence electrons. The summed E-state index contributed by atoms with van der Waals surface area (Å²) in [6.07, 6.45) is -0.380. The Kier molecular flexibility index (Phi) is 5.36. The first-order chi connectivity index (χ1) is 11.0. The molecule has 1 aromatic rings. The average Bonchev–Trinajstić information content (AvgIpc) is 2.86. The fourth-order valence-electron chi connectivity index (χ4n) is 2.26. The number of aliphatic carboxylic acids is 1. The molecular formula is C15H14BrN3O4. The number of nitriles is 1. The van der Waals surface area contributed by atoms with Crippen molar-refractivity contribution < 1.29 is 19.5 Å². The predicted molar refractivity (Wildman–Crippen MR) is 83.4 cm³/mol. The summed E-state index contributed by atoms with van der Waals surface area (Å²) in [5.41, 5.74) is 0.650. The summed E-state index contributed by atoms with van der Waals surface area (Å²) >= 11 is 3.33. The third kappa shape index (κ3) is 3.70. The molecule has 7 nitrogen and oxygen atoms in total. The number of nitrogens with zero attached hydrogens (tertiary/aromatic N) is 2. The number of carboxylic acid groups (broad SMARTS) is 1. The third-order valence-electron chi connectivity index (χ3n) is 3.23. The van der Waals surface area contributed by atoms with Crippen LogP contribution in [0.2, 0.25) is 0 Å². The van der Waals surface area contributed by atoms with Gasteiger partial charge in [-0.3, -0.25) is 10.1 Å². The van der Waals surface area contributed by atoms with Gasteiger partial charge >= 0.3 is 5.97 Å². The number of hydroxylamine groups is 2. The number of hydrogen-bond donors (Lipinski definition) is 2. The fraction of sp³-hybridized carbons (Fsp3) is 0.267. The number of hydrogen-bond acceptors (Lipinski definition) is 5. The minimum Gasteiger partial charge on any atom is -0.478 e. The number of nitrogens with one attached hydrogen (secondary N) is 1. The fourth-order valence-corrected chi connectivity index (χ4v) is 2.52. The summed E-state index contributed by atoms with van der Waals surface area (Å²) in [5, 5.41) is 21.9. The predicted octanol–water partition coefficient (Wildman–Crippen LogP) is 2.08. The monoisotopic (exact) mass is 379 g/mol.